The normalized spacial score (nSPS) is 10.8. The van der Waals surface area contributed by atoms with E-state index in [4.69, 9.17) is 9.47 Å². The number of hydrogen-bond donors (Lipinski definition) is 0. The first-order valence-electron chi connectivity index (χ1n) is 11.8. The Balaban J connectivity index is 2.07. The number of hydrogen-bond acceptors (Lipinski definition) is 5. The minimum absolute atomic E-state index is 0.131. The third-order valence-corrected chi connectivity index (χ3v) is 5.25. The summed E-state index contributed by atoms with van der Waals surface area (Å²) >= 11 is 0. The molecule has 0 aliphatic heterocycles. The molecule has 0 aromatic carbocycles. The Morgan fingerprint density at radius 3 is 1.93 bits per heavy atom. The minimum Gasteiger partial charge on any atom is -0.461 e. The Morgan fingerprint density at radius 1 is 0.867 bits per heavy atom. The second-order valence-corrected chi connectivity index (χ2v) is 8.17. The van der Waals surface area contributed by atoms with E-state index in [1.807, 2.05) is 0 Å². The Labute approximate surface area is 183 Å². The summed E-state index contributed by atoms with van der Waals surface area (Å²) in [6.07, 6.45) is 18.7. The van der Waals surface area contributed by atoms with Gasteiger partial charge in [0.25, 0.3) is 0 Å². The fraction of sp³-hybridized carbons (Fsp3) is 0.720. The number of pyridine rings is 1. The van der Waals surface area contributed by atoms with Crippen molar-refractivity contribution in [2.75, 3.05) is 0 Å². The zero-order chi connectivity index (χ0) is 22.0. The molecule has 0 radical (unpaired) electrons. The molecule has 0 fully saturated rings. The number of aryl methyl sites for hydroxylation is 1. The summed E-state index contributed by atoms with van der Waals surface area (Å²) < 4.78 is 10.4. The molecule has 1 heterocycles. The van der Waals surface area contributed by atoms with E-state index in [-0.39, 0.29) is 18.5 Å². The van der Waals surface area contributed by atoms with Crippen LogP contribution in [0.5, 0.6) is 5.75 Å². The third kappa shape index (κ3) is 13.3. The molecule has 0 aliphatic rings. The molecule has 30 heavy (non-hydrogen) atoms. The fourth-order valence-electron chi connectivity index (χ4n) is 3.38. The van der Waals surface area contributed by atoms with Crippen LogP contribution in [0, 0.1) is 6.92 Å². The first-order chi connectivity index (χ1) is 14.5. The van der Waals surface area contributed by atoms with Gasteiger partial charge in [0.2, 0.25) is 0 Å². The van der Waals surface area contributed by atoms with E-state index < -0.39 is 0 Å². The molecule has 0 saturated carbocycles. The highest BCUT2D eigenvalue weighted by Crippen LogP contribution is 2.19. The maximum atomic E-state index is 12.1. The van der Waals surface area contributed by atoms with Gasteiger partial charge in [-0.1, -0.05) is 84.0 Å². The average Bonchev–Trinajstić information content (AvgIpc) is 2.72. The highest BCUT2D eigenvalue weighted by molar-refractivity contribution is 5.72. The van der Waals surface area contributed by atoms with E-state index >= 15 is 0 Å². The lowest BCUT2D eigenvalue weighted by Crippen LogP contribution is -2.10. The van der Waals surface area contributed by atoms with Crippen LogP contribution < -0.4 is 4.74 Å². The zero-order valence-electron chi connectivity index (χ0n) is 19.3. The second kappa shape index (κ2) is 16.8. The molecule has 0 saturated heterocycles. The molecular formula is C25H41NO4. The predicted molar refractivity (Wildman–Crippen MR) is 120 cm³/mol. The van der Waals surface area contributed by atoms with E-state index in [0.29, 0.717) is 23.4 Å². The molecule has 0 aliphatic carbocycles. The van der Waals surface area contributed by atoms with Gasteiger partial charge in [-0.15, -0.1) is 0 Å². The lowest BCUT2D eigenvalue weighted by Gasteiger charge is -2.09. The molecule has 5 heteroatoms. The topological polar surface area (TPSA) is 65.5 Å². The van der Waals surface area contributed by atoms with Crippen LogP contribution in [0.15, 0.2) is 12.3 Å². The van der Waals surface area contributed by atoms with E-state index in [1.54, 1.807) is 19.2 Å². The van der Waals surface area contributed by atoms with Crippen molar-refractivity contribution in [1.29, 1.82) is 0 Å². The number of carbonyl (C=O) groups excluding carboxylic acids is 2. The fourth-order valence-corrected chi connectivity index (χ4v) is 3.38. The largest absolute Gasteiger partial charge is 0.461 e. The smallest absolute Gasteiger partial charge is 0.311 e. The molecule has 0 amide bonds. The molecule has 170 valence electrons. The Hall–Kier alpha value is -1.91. The van der Waals surface area contributed by atoms with Gasteiger partial charge >= 0.3 is 11.9 Å². The molecular weight excluding hydrogens is 378 g/mol. The van der Waals surface area contributed by atoms with Crippen LogP contribution in [-0.4, -0.2) is 16.9 Å². The third-order valence-electron chi connectivity index (χ3n) is 5.25. The minimum atomic E-state index is -0.350. The maximum Gasteiger partial charge on any atom is 0.311 e. The number of ether oxygens (including phenoxy) is 2. The summed E-state index contributed by atoms with van der Waals surface area (Å²) in [5, 5.41) is 0. The van der Waals surface area contributed by atoms with Crippen LogP contribution in [0.1, 0.15) is 115 Å². The Morgan fingerprint density at radius 2 is 1.40 bits per heavy atom. The van der Waals surface area contributed by atoms with Crippen molar-refractivity contribution in [3.8, 4) is 5.75 Å². The summed E-state index contributed by atoms with van der Waals surface area (Å²) in [5.41, 5.74) is 1.36. The maximum absolute atomic E-state index is 12.1. The number of nitrogens with zero attached hydrogens (tertiary/aromatic N) is 1. The van der Waals surface area contributed by atoms with Crippen LogP contribution in [0.3, 0.4) is 0 Å². The van der Waals surface area contributed by atoms with E-state index in [0.717, 1.165) is 12.8 Å². The summed E-state index contributed by atoms with van der Waals surface area (Å²) in [5.74, 6) is -0.136. The predicted octanol–water partition coefficient (Wildman–Crippen LogP) is 6.84. The lowest BCUT2D eigenvalue weighted by molar-refractivity contribution is -0.142. The highest BCUT2D eigenvalue weighted by Gasteiger charge is 2.10. The monoisotopic (exact) mass is 419 g/mol. The summed E-state index contributed by atoms with van der Waals surface area (Å²) in [4.78, 5) is 27.2. The van der Waals surface area contributed by atoms with Gasteiger partial charge in [-0.05, 0) is 19.4 Å². The van der Waals surface area contributed by atoms with Crippen LogP contribution in [0.4, 0.5) is 0 Å². The van der Waals surface area contributed by atoms with Crippen molar-refractivity contribution in [2.45, 2.75) is 117 Å². The van der Waals surface area contributed by atoms with Gasteiger partial charge in [-0.3, -0.25) is 14.6 Å². The number of aromatic nitrogens is 1. The van der Waals surface area contributed by atoms with Gasteiger partial charge in [0.15, 0.2) is 5.75 Å². The van der Waals surface area contributed by atoms with Crippen molar-refractivity contribution in [1.82, 2.24) is 4.98 Å². The molecule has 0 bridgehead atoms. The first kappa shape index (κ1) is 26.1. The van der Waals surface area contributed by atoms with Gasteiger partial charge in [0.1, 0.15) is 6.61 Å². The van der Waals surface area contributed by atoms with Gasteiger partial charge < -0.3 is 9.47 Å². The lowest BCUT2D eigenvalue weighted by atomic mass is 10.0. The van der Waals surface area contributed by atoms with E-state index in [9.17, 15) is 9.59 Å². The van der Waals surface area contributed by atoms with Crippen molar-refractivity contribution in [3.05, 3.63) is 23.5 Å². The number of rotatable bonds is 17. The second-order valence-electron chi connectivity index (χ2n) is 8.17. The standard InChI is InChI=1S/C25H41NO4/c1-4-5-6-7-8-9-10-11-12-13-14-15-16-17-25(28)30-24-18-23(19-26-21(24)2)20-29-22(3)27/h18-19H,4-17,20H2,1-3H3. The summed E-state index contributed by atoms with van der Waals surface area (Å²) in [6, 6.07) is 1.72. The van der Waals surface area contributed by atoms with Gasteiger partial charge in [-0.25, -0.2) is 0 Å². The van der Waals surface area contributed by atoms with E-state index in [1.165, 1.54) is 77.6 Å². The van der Waals surface area contributed by atoms with Crippen molar-refractivity contribution >= 4 is 11.9 Å². The Kier molecular flexibility index (Phi) is 14.7. The van der Waals surface area contributed by atoms with Crippen LogP contribution >= 0.6 is 0 Å². The number of carbonyl (C=O) groups is 2. The van der Waals surface area contributed by atoms with Crippen LogP contribution in [0.25, 0.3) is 0 Å². The average molecular weight is 420 g/mol. The van der Waals surface area contributed by atoms with Gasteiger partial charge in [0, 0.05) is 25.1 Å². The highest BCUT2D eigenvalue weighted by atomic mass is 16.5. The van der Waals surface area contributed by atoms with Crippen molar-refractivity contribution < 1.29 is 19.1 Å². The quantitative estimate of drug-likeness (QED) is 0.204. The summed E-state index contributed by atoms with van der Waals surface area (Å²) in [7, 11) is 0. The molecule has 1 aromatic heterocycles. The molecule has 5 nitrogen and oxygen atoms in total. The molecule has 1 rings (SSSR count). The zero-order valence-corrected chi connectivity index (χ0v) is 19.3. The van der Waals surface area contributed by atoms with Crippen molar-refractivity contribution in [3.63, 3.8) is 0 Å². The molecule has 1 aromatic rings. The van der Waals surface area contributed by atoms with Crippen LogP contribution in [-0.2, 0) is 20.9 Å². The SMILES string of the molecule is CCCCCCCCCCCCCCCC(=O)Oc1cc(COC(C)=O)cnc1C. The van der Waals surface area contributed by atoms with Gasteiger partial charge in [-0.2, -0.15) is 0 Å². The van der Waals surface area contributed by atoms with E-state index in [2.05, 4.69) is 11.9 Å². The van der Waals surface area contributed by atoms with Crippen LogP contribution in [0.2, 0.25) is 0 Å². The molecule has 0 N–H and O–H groups in total. The molecule has 0 spiro atoms. The number of unbranched alkanes of at least 4 members (excludes halogenated alkanes) is 12. The molecule has 0 unspecified atom stereocenters. The van der Waals surface area contributed by atoms with Gasteiger partial charge in [0.05, 0.1) is 5.69 Å². The summed E-state index contributed by atoms with van der Waals surface area (Å²) in [6.45, 7) is 5.54. The molecule has 0 atom stereocenters. The Bertz CT molecular complexity index is 615. The van der Waals surface area contributed by atoms with Crippen molar-refractivity contribution in [2.24, 2.45) is 0 Å². The first-order valence-corrected chi connectivity index (χ1v) is 11.8. The number of esters is 2.